The van der Waals surface area contributed by atoms with Gasteiger partial charge in [-0.15, -0.1) is 0 Å². The van der Waals surface area contributed by atoms with E-state index < -0.39 is 5.60 Å². The highest BCUT2D eigenvalue weighted by Crippen LogP contribution is 2.23. The van der Waals surface area contributed by atoms with Crippen molar-refractivity contribution >= 4 is 17.5 Å². The maximum absolute atomic E-state index is 12.0. The number of rotatable bonds is 3. The van der Waals surface area contributed by atoms with Crippen molar-refractivity contribution in [3.63, 3.8) is 0 Å². The van der Waals surface area contributed by atoms with Crippen molar-refractivity contribution < 1.29 is 9.90 Å². The summed E-state index contributed by atoms with van der Waals surface area (Å²) in [6.45, 7) is 9.45. The van der Waals surface area contributed by atoms with E-state index in [2.05, 4.69) is 10.3 Å². The molecule has 0 unspecified atom stereocenters. The minimum Gasteiger partial charge on any atom is -0.389 e. The summed E-state index contributed by atoms with van der Waals surface area (Å²) in [6.07, 6.45) is 0. The van der Waals surface area contributed by atoms with Gasteiger partial charge in [0, 0.05) is 23.2 Å². The zero-order chi connectivity index (χ0) is 14.8. The molecule has 1 heterocycles. The zero-order valence-corrected chi connectivity index (χ0v) is 12.8. The fourth-order valence-corrected chi connectivity index (χ4v) is 1.62. The van der Waals surface area contributed by atoms with Gasteiger partial charge >= 0.3 is 0 Å². The second kappa shape index (κ2) is 5.47. The second-order valence-electron chi connectivity index (χ2n) is 6.31. The number of nitrogens with one attached hydrogen (secondary N) is 1. The largest absolute Gasteiger partial charge is 0.389 e. The number of pyridine rings is 1. The Morgan fingerprint density at radius 3 is 2.37 bits per heavy atom. The first-order valence-electron chi connectivity index (χ1n) is 6.18. The quantitative estimate of drug-likeness (QED) is 0.839. The molecule has 0 bridgehead atoms. The van der Waals surface area contributed by atoms with E-state index in [4.69, 9.17) is 11.6 Å². The summed E-state index contributed by atoms with van der Waals surface area (Å²) in [4.78, 5) is 16.2. The van der Waals surface area contributed by atoms with Crippen LogP contribution in [-0.4, -0.2) is 28.1 Å². The molecule has 1 aromatic rings. The van der Waals surface area contributed by atoms with Gasteiger partial charge < -0.3 is 10.4 Å². The third-order valence-corrected chi connectivity index (χ3v) is 2.70. The molecule has 0 aliphatic heterocycles. The highest BCUT2D eigenvalue weighted by Gasteiger charge is 2.20. The minimum absolute atomic E-state index is 0.177. The van der Waals surface area contributed by atoms with E-state index >= 15 is 0 Å². The molecular formula is C14H21ClN2O2. The molecule has 0 radical (unpaired) electrons. The standard InChI is InChI=1S/C14H21ClN2O2/c1-13(2,3)10-6-9(7-11(15)17-10)12(18)16-8-14(4,5)19/h6-7,19H,8H2,1-5H3,(H,16,18). The Kier molecular flexibility index (Phi) is 4.59. The molecule has 1 aromatic heterocycles. The number of amides is 1. The topological polar surface area (TPSA) is 62.2 Å². The van der Waals surface area contributed by atoms with Crippen LogP contribution in [0.5, 0.6) is 0 Å². The lowest BCUT2D eigenvalue weighted by Gasteiger charge is -2.20. The fourth-order valence-electron chi connectivity index (χ4n) is 1.41. The van der Waals surface area contributed by atoms with Crippen LogP contribution in [0.3, 0.4) is 0 Å². The van der Waals surface area contributed by atoms with Gasteiger partial charge in [0.2, 0.25) is 0 Å². The molecule has 0 aliphatic rings. The first kappa shape index (κ1) is 15.9. The Balaban J connectivity index is 2.95. The van der Waals surface area contributed by atoms with Crippen molar-refractivity contribution in [2.24, 2.45) is 0 Å². The molecular weight excluding hydrogens is 264 g/mol. The van der Waals surface area contributed by atoms with Crippen LogP contribution in [0, 0.1) is 0 Å². The number of halogens is 1. The maximum Gasteiger partial charge on any atom is 0.251 e. The van der Waals surface area contributed by atoms with Gasteiger partial charge in [-0.05, 0) is 26.0 Å². The van der Waals surface area contributed by atoms with Crippen molar-refractivity contribution in [3.8, 4) is 0 Å². The molecule has 0 saturated heterocycles. The van der Waals surface area contributed by atoms with Crippen molar-refractivity contribution in [2.75, 3.05) is 6.54 Å². The maximum atomic E-state index is 12.0. The highest BCUT2D eigenvalue weighted by molar-refractivity contribution is 6.29. The van der Waals surface area contributed by atoms with Gasteiger partial charge in [0.15, 0.2) is 0 Å². The normalized spacial score (nSPS) is 12.4. The molecule has 0 spiro atoms. The molecule has 0 saturated carbocycles. The van der Waals surface area contributed by atoms with E-state index in [1.54, 1.807) is 19.9 Å². The lowest BCUT2D eigenvalue weighted by Crippen LogP contribution is -2.38. The van der Waals surface area contributed by atoms with Crippen molar-refractivity contribution in [3.05, 3.63) is 28.5 Å². The molecule has 1 amide bonds. The lowest BCUT2D eigenvalue weighted by atomic mass is 9.91. The number of carbonyl (C=O) groups is 1. The summed E-state index contributed by atoms with van der Waals surface area (Å²) in [5.74, 6) is -0.267. The average molecular weight is 285 g/mol. The van der Waals surface area contributed by atoms with Gasteiger partial charge in [0.1, 0.15) is 5.15 Å². The molecule has 4 nitrogen and oxygen atoms in total. The second-order valence-corrected chi connectivity index (χ2v) is 6.70. The number of carbonyl (C=O) groups excluding carboxylic acids is 1. The molecule has 5 heteroatoms. The predicted octanol–water partition coefficient (Wildman–Crippen LogP) is 2.53. The minimum atomic E-state index is -0.945. The number of aromatic nitrogens is 1. The van der Waals surface area contributed by atoms with Crippen LogP contribution in [-0.2, 0) is 5.41 Å². The van der Waals surface area contributed by atoms with Crippen LogP contribution in [0.15, 0.2) is 12.1 Å². The van der Waals surface area contributed by atoms with Crippen LogP contribution in [0.4, 0.5) is 0 Å². The predicted molar refractivity (Wildman–Crippen MR) is 76.6 cm³/mol. The molecule has 1 rings (SSSR count). The van der Waals surface area contributed by atoms with Crippen molar-refractivity contribution in [1.29, 1.82) is 0 Å². The van der Waals surface area contributed by atoms with Gasteiger partial charge in [0.25, 0.3) is 5.91 Å². The molecule has 0 atom stereocenters. The monoisotopic (exact) mass is 284 g/mol. The average Bonchev–Trinajstić information content (AvgIpc) is 2.22. The van der Waals surface area contributed by atoms with E-state index in [-0.39, 0.29) is 17.9 Å². The summed E-state index contributed by atoms with van der Waals surface area (Å²) in [5.41, 5.74) is 0.0813. The van der Waals surface area contributed by atoms with E-state index in [0.29, 0.717) is 10.7 Å². The smallest absolute Gasteiger partial charge is 0.251 e. The molecule has 106 valence electrons. The fraction of sp³-hybridized carbons (Fsp3) is 0.571. The van der Waals surface area contributed by atoms with Gasteiger partial charge in [0.05, 0.1) is 5.60 Å². The first-order valence-corrected chi connectivity index (χ1v) is 6.55. The van der Waals surface area contributed by atoms with Crippen LogP contribution in [0.2, 0.25) is 5.15 Å². The number of hydrogen-bond donors (Lipinski definition) is 2. The van der Waals surface area contributed by atoms with E-state index in [1.165, 1.54) is 6.07 Å². The van der Waals surface area contributed by atoms with Crippen LogP contribution in [0.1, 0.15) is 50.7 Å². The van der Waals surface area contributed by atoms with Crippen molar-refractivity contribution in [2.45, 2.75) is 45.6 Å². The van der Waals surface area contributed by atoms with Crippen molar-refractivity contribution in [1.82, 2.24) is 10.3 Å². The van der Waals surface area contributed by atoms with Gasteiger partial charge in [-0.2, -0.15) is 0 Å². The van der Waals surface area contributed by atoms with Gasteiger partial charge in [-0.25, -0.2) is 4.98 Å². The SMILES string of the molecule is CC(C)(O)CNC(=O)c1cc(Cl)nc(C(C)(C)C)c1. The third-order valence-electron chi connectivity index (χ3n) is 2.51. The molecule has 0 aromatic carbocycles. The Morgan fingerprint density at radius 2 is 1.89 bits per heavy atom. The van der Waals surface area contributed by atoms with Crippen LogP contribution < -0.4 is 5.32 Å². The Hall–Kier alpha value is -1.13. The van der Waals surface area contributed by atoms with E-state index in [1.807, 2.05) is 20.8 Å². The summed E-state index contributed by atoms with van der Waals surface area (Å²) in [5, 5.41) is 12.6. The number of aliphatic hydroxyl groups is 1. The Bertz CT molecular complexity index is 473. The third kappa shape index (κ3) is 5.17. The number of nitrogens with zero attached hydrogens (tertiary/aromatic N) is 1. The molecule has 0 aliphatic carbocycles. The Labute approximate surface area is 119 Å². The van der Waals surface area contributed by atoms with Gasteiger partial charge in [-0.3, -0.25) is 4.79 Å². The highest BCUT2D eigenvalue weighted by atomic mass is 35.5. The van der Waals surface area contributed by atoms with Crippen LogP contribution >= 0.6 is 11.6 Å². The summed E-state index contributed by atoms with van der Waals surface area (Å²) in [6, 6.07) is 3.25. The number of hydrogen-bond acceptors (Lipinski definition) is 3. The molecule has 2 N–H and O–H groups in total. The van der Waals surface area contributed by atoms with E-state index in [9.17, 15) is 9.90 Å². The lowest BCUT2D eigenvalue weighted by molar-refractivity contribution is 0.0694. The Morgan fingerprint density at radius 1 is 1.32 bits per heavy atom. The zero-order valence-electron chi connectivity index (χ0n) is 12.0. The molecule has 0 fully saturated rings. The van der Waals surface area contributed by atoms with Crippen LogP contribution in [0.25, 0.3) is 0 Å². The summed E-state index contributed by atoms with van der Waals surface area (Å²) >= 11 is 5.95. The summed E-state index contributed by atoms with van der Waals surface area (Å²) in [7, 11) is 0. The molecule has 19 heavy (non-hydrogen) atoms. The first-order chi connectivity index (χ1) is 8.49. The summed E-state index contributed by atoms with van der Waals surface area (Å²) < 4.78 is 0. The van der Waals surface area contributed by atoms with Gasteiger partial charge in [-0.1, -0.05) is 32.4 Å². The van der Waals surface area contributed by atoms with E-state index in [0.717, 1.165) is 5.69 Å².